The second-order valence-electron chi connectivity index (χ2n) is 1.82. The van der Waals surface area contributed by atoms with Gasteiger partial charge in [0.25, 0.3) is 0 Å². The quantitative estimate of drug-likeness (QED) is 0.766. The molecule has 66 valence electrons. The lowest BCUT2D eigenvalue weighted by Gasteiger charge is -2.04. The SMILES string of the molecule is FC(F)Oc1ncc(Br)cc1I. The van der Waals surface area contributed by atoms with E-state index in [4.69, 9.17) is 0 Å². The number of hydrogen-bond donors (Lipinski definition) is 0. The Bertz CT molecular complexity index is 284. The van der Waals surface area contributed by atoms with Crippen LogP contribution in [0.2, 0.25) is 0 Å². The van der Waals surface area contributed by atoms with Gasteiger partial charge in [-0.1, -0.05) is 0 Å². The van der Waals surface area contributed by atoms with Gasteiger partial charge in [-0.3, -0.25) is 0 Å². The molecule has 12 heavy (non-hydrogen) atoms. The lowest BCUT2D eigenvalue weighted by atomic mass is 10.5. The molecule has 1 aromatic heterocycles. The summed E-state index contributed by atoms with van der Waals surface area (Å²) in [5.41, 5.74) is 0. The van der Waals surface area contributed by atoms with Crippen molar-refractivity contribution < 1.29 is 13.5 Å². The Morgan fingerprint density at radius 3 is 2.75 bits per heavy atom. The molecule has 0 aliphatic rings. The zero-order chi connectivity index (χ0) is 9.14. The zero-order valence-corrected chi connectivity index (χ0v) is 9.34. The molecule has 0 aromatic carbocycles. The predicted molar refractivity (Wildman–Crippen MR) is 51.3 cm³/mol. The normalized spacial score (nSPS) is 10.4. The van der Waals surface area contributed by atoms with Gasteiger partial charge in [-0.05, 0) is 44.6 Å². The summed E-state index contributed by atoms with van der Waals surface area (Å²) in [7, 11) is 0. The van der Waals surface area contributed by atoms with E-state index in [2.05, 4.69) is 25.7 Å². The molecule has 0 aliphatic carbocycles. The van der Waals surface area contributed by atoms with Crippen molar-refractivity contribution in [2.45, 2.75) is 6.61 Å². The monoisotopic (exact) mass is 349 g/mol. The summed E-state index contributed by atoms with van der Waals surface area (Å²) in [4.78, 5) is 3.66. The number of ether oxygens (including phenoxy) is 1. The lowest BCUT2D eigenvalue weighted by Crippen LogP contribution is -2.04. The Labute approximate surface area is 89.6 Å². The van der Waals surface area contributed by atoms with Gasteiger partial charge < -0.3 is 4.74 Å². The zero-order valence-electron chi connectivity index (χ0n) is 5.60. The molecule has 0 aliphatic heterocycles. The van der Waals surface area contributed by atoms with E-state index in [0.717, 1.165) is 4.47 Å². The first-order chi connectivity index (χ1) is 5.59. The summed E-state index contributed by atoms with van der Waals surface area (Å²) < 4.78 is 28.8. The molecule has 1 rings (SSSR count). The van der Waals surface area contributed by atoms with Crippen LogP contribution in [0.25, 0.3) is 0 Å². The largest absolute Gasteiger partial charge is 0.416 e. The summed E-state index contributed by atoms with van der Waals surface area (Å²) >= 11 is 5.02. The maximum Gasteiger partial charge on any atom is 0.388 e. The number of nitrogens with zero attached hydrogens (tertiary/aromatic N) is 1. The van der Waals surface area contributed by atoms with Gasteiger partial charge in [0, 0.05) is 10.7 Å². The van der Waals surface area contributed by atoms with Gasteiger partial charge in [-0.15, -0.1) is 0 Å². The standard InChI is InChI=1S/C6H3BrF2INO/c7-3-1-4(10)5(11-2-3)12-6(8)9/h1-2,6H. The van der Waals surface area contributed by atoms with E-state index >= 15 is 0 Å². The Morgan fingerprint density at radius 2 is 2.25 bits per heavy atom. The Kier molecular flexibility index (Phi) is 3.63. The number of aromatic nitrogens is 1. The van der Waals surface area contributed by atoms with Crippen molar-refractivity contribution in [3.8, 4) is 5.88 Å². The van der Waals surface area contributed by atoms with Crippen molar-refractivity contribution in [3.05, 3.63) is 20.3 Å². The van der Waals surface area contributed by atoms with Crippen molar-refractivity contribution in [2.24, 2.45) is 0 Å². The minimum absolute atomic E-state index is 0.0474. The minimum Gasteiger partial charge on any atom is -0.416 e. The number of hydrogen-bond acceptors (Lipinski definition) is 2. The average molecular weight is 350 g/mol. The third-order valence-electron chi connectivity index (χ3n) is 0.975. The maximum atomic E-state index is 11.7. The molecule has 0 amide bonds. The molecule has 0 N–H and O–H groups in total. The molecule has 0 radical (unpaired) electrons. The molecular formula is C6H3BrF2INO. The van der Waals surface area contributed by atoms with Crippen LogP contribution in [0.4, 0.5) is 8.78 Å². The molecule has 2 nitrogen and oxygen atoms in total. The summed E-state index contributed by atoms with van der Waals surface area (Å²) in [5.74, 6) is -0.0474. The summed E-state index contributed by atoms with van der Waals surface area (Å²) in [6.45, 7) is -2.83. The molecule has 0 unspecified atom stereocenters. The van der Waals surface area contributed by atoms with Crippen molar-refractivity contribution >= 4 is 38.5 Å². The fourth-order valence-corrected chi connectivity index (χ4v) is 1.93. The molecule has 0 bridgehead atoms. The molecule has 0 atom stereocenters. The minimum atomic E-state index is -2.83. The van der Waals surface area contributed by atoms with E-state index in [-0.39, 0.29) is 5.88 Å². The molecule has 1 aromatic rings. The molecule has 0 saturated carbocycles. The van der Waals surface area contributed by atoms with Crippen molar-refractivity contribution in [2.75, 3.05) is 0 Å². The second-order valence-corrected chi connectivity index (χ2v) is 3.90. The van der Waals surface area contributed by atoms with Crippen LogP contribution in [0, 0.1) is 3.57 Å². The van der Waals surface area contributed by atoms with Crippen LogP contribution >= 0.6 is 38.5 Å². The highest BCUT2D eigenvalue weighted by Gasteiger charge is 2.09. The third-order valence-corrected chi connectivity index (χ3v) is 2.18. The fourth-order valence-electron chi connectivity index (χ4n) is 0.573. The van der Waals surface area contributed by atoms with Crippen LogP contribution in [0.15, 0.2) is 16.7 Å². The van der Waals surface area contributed by atoms with Gasteiger partial charge in [-0.25, -0.2) is 4.98 Å². The topological polar surface area (TPSA) is 22.1 Å². The number of halogens is 4. The van der Waals surface area contributed by atoms with E-state index in [1.54, 1.807) is 6.07 Å². The Balaban J connectivity index is 2.86. The van der Waals surface area contributed by atoms with E-state index in [1.165, 1.54) is 6.20 Å². The molecule has 0 spiro atoms. The van der Waals surface area contributed by atoms with Crippen LogP contribution in [0.1, 0.15) is 0 Å². The van der Waals surface area contributed by atoms with Gasteiger partial charge in [-0.2, -0.15) is 8.78 Å². The predicted octanol–water partition coefficient (Wildman–Crippen LogP) is 3.05. The van der Waals surface area contributed by atoms with E-state index in [0.29, 0.717) is 3.57 Å². The van der Waals surface area contributed by atoms with Crippen molar-refractivity contribution in [3.63, 3.8) is 0 Å². The second kappa shape index (κ2) is 4.31. The molecular weight excluding hydrogens is 347 g/mol. The number of rotatable bonds is 2. The maximum absolute atomic E-state index is 11.7. The van der Waals surface area contributed by atoms with E-state index in [1.807, 2.05) is 22.6 Å². The first-order valence-electron chi connectivity index (χ1n) is 2.85. The van der Waals surface area contributed by atoms with Gasteiger partial charge in [0.2, 0.25) is 5.88 Å². The highest BCUT2D eigenvalue weighted by molar-refractivity contribution is 14.1. The first-order valence-corrected chi connectivity index (χ1v) is 4.72. The number of alkyl halides is 2. The average Bonchev–Trinajstić information content (AvgIpc) is 1.94. The van der Waals surface area contributed by atoms with Crippen molar-refractivity contribution in [1.82, 2.24) is 4.98 Å². The van der Waals surface area contributed by atoms with Gasteiger partial charge in [0.1, 0.15) is 0 Å². The van der Waals surface area contributed by atoms with E-state index < -0.39 is 6.61 Å². The third kappa shape index (κ3) is 2.81. The van der Waals surface area contributed by atoms with Crippen LogP contribution in [0.3, 0.4) is 0 Å². The van der Waals surface area contributed by atoms with Gasteiger partial charge in [0.05, 0.1) is 3.57 Å². The fraction of sp³-hybridized carbons (Fsp3) is 0.167. The van der Waals surface area contributed by atoms with Crippen LogP contribution in [-0.2, 0) is 0 Å². The highest BCUT2D eigenvalue weighted by Crippen LogP contribution is 2.22. The number of pyridine rings is 1. The smallest absolute Gasteiger partial charge is 0.388 e. The van der Waals surface area contributed by atoms with Crippen LogP contribution in [-0.4, -0.2) is 11.6 Å². The lowest BCUT2D eigenvalue weighted by molar-refractivity contribution is -0.0534. The summed E-state index contributed by atoms with van der Waals surface area (Å²) in [6.07, 6.45) is 1.40. The highest BCUT2D eigenvalue weighted by atomic mass is 127. The van der Waals surface area contributed by atoms with Crippen molar-refractivity contribution in [1.29, 1.82) is 0 Å². The molecule has 6 heteroatoms. The van der Waals surface area contributed by atoms with Gasteiger partial charge >= 0.3 is 6.61 Å². The van der Waals surface area contributed by atoms with E-state index in [9.17, 15) is 8.78 Å². The molecule has 0 saturated heterocycles. The summed E-state index contributed by atoms with van der Waals surface area (Å²) in [5, 5.41) is 0. The summed E-state index contributed by atoms with van der Waals surface area (Å²) in [6, 6.07) is 1.64. The van der Waals surface area contributed by atoms with Crippen LogP contribution in [0.5, 0.6) is 5.88 Å². The van der Waals surface area contributed by atoms with Gasteiger partial charge in [0.15, 0.2) is 0 Å². The first kappa shape index (κ1) is 10.1. The Hall–Kier alpha value is 0.0200. The molecule has 1 heterocycles. The Morgan fingerprint density at radius 1 is 1.58 bits per heavy atom. The molecule has 0 fully saturated rings. The van der Waals surface area contributed by atoms with Crippen LogP contribution < -0.4 is 4.74 Å².